The van der Waals surface area contributed by atoms with E-state index in [1.54, 1.807) is 0 Å². The maximum atomic E-state index is 8.95. The Labute approximate surface area is 93.9 Å². The Morgan fingerprint density at radius 3 is 2.47 bits per heavy atom. The maximum absolute atomic E-state index is 8.95. The van der Waals surface area contributed by atoms with E-state index in [0.29, 0.717) is 18.6 Å². The van der Waals surface area contributed by atoms with Crippen molar-refractivity contribution in [2.45, 2.75) is 39.2 Å². The third kappa shape index (κ3) is 4.96. The van der Waals surface area contributed by atoms with Crippen LogP contribution in [-0.2, 0) is 0 Å². The quantitative estimate of drug-likeness (QED) is 0.665. The largest absolute Gasteiger partial charge is 0.396 e. The molecule has 0 spiro atoms. The van der Waals surface area contributed by atoms with Gasteiger partial charge < -0.3 is 15.3 Å². The van der Waals surface area contributed by atoms with E-state index in [9.17, 15) is 0 Å². The van der Waals surface area contributed by atoms with Crippen LogP contribution in [-0.4, -0.2) is 48.8 Å². The zero-order chi connectivity index (χ0) is 11.1. The lowest BCUT2D eigenvalue weighted by Crippen LogP contribution is -2.39. The molecule has 0 bridgehead atoms. The maximum Gasteiger partial charge on any atom is 0.0445 e. The minimum atomic E-state index is 0.291. The lowest BCUT2D eigenvalue weighted by atomic mass is 10.0. The summed E-state index contributed by atoms with van der Waals surface area (Å²) in [4.78, 5) is 2.52. The molecule has 1 rings (SSSR count). The Bertz CT molecular complexity index is 156. The molecule has 0 aliphatic carbocycles. The van der Waals surface area contributed by atoms with Crippen molar-refractivity contribution in [3.8, 4) is 0 Å². The molecule has 1 saturated heterocycles. The molecule has 2 N–H and O–H groups in total. The van der Waals surface area contributed by atoms with Crippen molar-refractivity contribution in [1.82, 2.24) is 10.2 Å². The Morgan fingerprint density at radius 1 is 1.27 bits per heavy atom. The molecule has 0 aromatic rings. The molecule has 0 aromatic heterocycles. The van der Waals surface area contributed by atoms with Gasteiger partial charge in [-0.2, -0.15) is 0 Å². The van der Waals surface area contributed by atoms with E-state index < -0.39 is 0 Å². The first kappa shape index (κ1) is 12.9. The van der Waals surface area contributed by atoms with E-state index in [1.807, 2.05) is 0 Å². The number of rotatable bonds is 7. The second-order valence-electron chi connectivity index (χ2n) is 4.87. The lowest BCUT2D eigenvalue weighted by molar-refractivity contribution is 0.238. The number of aliphatic hydroxyl groups excluding tert-OH is 1. The lowest BCUT2D eigenvalue weighted by Gasteiger charge is -2.23. The Hall–Kier alpha value is -0.120. The summed E-state index contributed by atoms with van der Waals surface area (Å²) in [6, 6.07) is 0.470. The number of aliphatic hydroxyl groups is 1. The average Bonchev–Trinajstić information content (AvgIpc) is 2.69. The fourth-order valence-electron chi connectivity index (χ4n) is 2.22. The monoisotopic (exact) mass is 214 g/mol. The summed E-state index contributed by atoms with van der Waals surface area (Å²) in [6.45, 7) is 9.48. The minimum absolute atomic E-state index is 0.291. The standard InChI is InChI=1S/C12H26N2O/c1-11(2)12(5-10-15)13-6-9-14-7-3-4-8-14/h11-13,15H,3-10H2,1-2H3. The first-order valence-corrected chi connectivity index (χ1v) is 6.30. The number of hydrogen-bond acceptors (Lipinski definition) is 3. The smallest absolute Gasteiger partial charge is 0.0445 e. The van der Waals surface area contributed by atoms with Gasteiger partial charge in [0, 0.05) is 25.7 Å². The fraction of sp³-hybridized carbons (Fsp3) is 1.00. The van der Waals surface area contributed by atoms with Crippen LogP contribution in [0, 0.1) is 5.92 Å². The van der Waals surface area contributed by atoms with Gasteiger partial charge in [0.05, 0.1) is 0 Å². The van der Waals surface area contributed by atoms with Gasteiger partial charge in [-0.25, -0.2) is 0 Å². The van der Waals surface area contributed by atoms with Crippen LogP contribution in [0.15, 0.2) is 0 Å². The third-order valence-corrected chi connectivity index (χ3v) is 3.28. The van der Waals surface area contributed by atoms with Gasteiger partial charge in [0.1, 0.15) is 0 Å². The van der Waals surface area contributed by atoms with Crippen LogP contribution in [0.1, 0.15) is 33.1 Å². The molecule has 1 aliphatic rings. The highest BCUT2D eigenvalue weighted by Crippen LogP contribution is 2.07. The molecule has 90 valence electrons. The van der Waals surface area contributed by atoms with E-state index in [-0.39, 0.29) is 0 Å². The molecule has 0 saturated carbocycles. The number of likely N-dealkylation sites (tertiary alicyclic amines) is 1. The summed E-state index contributed by atoms with van der Waals surface area (Å²) in [6.07, 6.45) is 3.60. The summed E-state index contributed by atoms with van der Waals surface area (Å²) in [5.41, 5.74) is 0. The van der Waals surface area contributed by atoms with Gasteiger partial charge in [-0.05, 0) is 38.3 Å². The van der Waals surface area contributed by atoms with Crippen molar-refractivity contribution >= 4 is 0 Å². The SMILES string of the molecule is CC(C)C(CCO)NCCN1CCCC1. The molecule has 3 heteroatoms. The van der Waals surface area contributed by atoms with Crippen LogP contribution in [0.2, 0.25) is 0 Å². The van der Waals surface area contributed by atoms with Crippen LogP contribution in [0.5, 0.6) is 0 Å². The number of nitrogens with zero attached hydrogens (tertiary/aromatic N) is 1. The van der Waals surface area contributed by atoms with Crippen LogP contribution in [0.25, 0.3) is 0 Å². The predicted octanol–water partition coefficient (Wildman–Crippen LogP) is 1.08. The van der Waals surface area contributed by atoms with Crippen molar-refractivity contribution in [2.75, 3.05) is 32.8 Å². The first-order valence-electron chi connectivity index (χ1n) is 6.30. The number of hydrogen-bond donors (Lipinski definition) is 2. The Balaban J connectivity index is 2.09. The summed E-state index contributed by atoms with van der Waals surface area (Å²) < 4.78 is 0. The summed E-state index contributed by atoms with van der Waals surface area (Å²) in [7, 11) is 0. The molecule has 0 amide bonds. The van der Waals surface area contributed by atoms with Gasteiger partial charge >= 0.3 is 0 Å². The van der Waals surface area contributed by atoms with Crippen molar-refractivity contribution in [2.24, 2.45) is 5.92 Å². The van der Waals surface area contributed by atoms with E-state index in [2.05, 4.69) is 24.1 Å². The van der Waals surface area contributed by atoms with Crippen molar-refractivity contribution in [1.29, 1.82) is 0 Å². The zero-order valence-electron chi connectivity index (χ0n) is 10.2. The van der Waals surface area contributed by atoms with Gasteiger partial charge in [0.2, 0.25) is 0 Å². The summed E-state index contributed by atoms with van der Waals surface area (Å²) in [5.74, 6) is 0.607. The summed E-state index contributed by atoms with van der Waals surface area (Å²) in [5, 5.41) is 12.5. The first-order chi connectivity index (χ1) is 7.24. The van der Waals surface area contributed by atoms with Crippen LogP contribution < -0.4 is 5.32 Å². The van der Waals surface area contributed by atoms with E-state index in [4.69, 9.17) is 5.11 Å². The van der Waals surface area contributed by atoms with Crippen LogP contribution >= 0.6 is 0 Å². The highest BCUT2D eigenvalue weighted by Gasteiger charge is 2.14. The average molecular weight is 214 g/mol. The molecule has 1 aliphatic heterocycles. The molecule has 1 unspecified atom stereocenters. The molecular formula is C12H26N2O. The van der Waals surface area contributed by atoms with E-state index in [1.165, 1.54) is 25.9 Å². The van der Waals surface area contributed by atoms with E-state index in [0.717, 1.165) is 19.5 Å². The topological polar surface area (TPSA) is 35.5 Å². The number of nitrogens with one attached hydrogen (secondary N) is 1. The zero-order valence-corrected chi connectivity index (χ0v) is 10.2. The minimum Gasteiger partial charge on any atom is -0.396 e. The molecule has 3 nitrogen and oxygen atoms in total. The molecular weight excluding hydrogens is 188 g/mol. The van der Waals surface area contributed by atoms with Gasteiger partial charge in [-0.3, -0.25) is 0 Å². The van der Waals surface area contributed by atoms with Crippen molar-refractivity contribution in [3.05, 3.63) is 0 Å². The van der Waals surface area contributed by atoms with Gasteiger partial charge in [-0.15, -0.1) is 0 Å². The second-order valence-corrected chi connectivity index (χ2v) is 4.87. The highest BCUT2D eigenvalue weighted by atomic mass is 16.3. The highest BCUT2D eigenvalue weighted by molar-refractivity contribution is 4.72. The normalized spacial score (nSPS) is 20.0. The van der Waals surface area contributed by atoms with Gasteiger partial charge in [0.15, 0.2) is 0 Å². The Morgan fingerprint density at radius 2 is 1.93 bits per heavy atom. The molecule has 15 heavy (non-hydrogen) atoms. The van der Waals surface area contributed by atoms with Crippen molar-refractivity contribution in [3.63, 3.8) is 0 Å². The molecule has 1 heterocycles. The van der Waals surface area contributed by atoms with Gasteiger partial charge in [-0.1, -0.05) is 13.8 Å². The summed E-state index contributed by atoms with van der Waals surface area (Å²) >= 11 is 0. The van der Waals surface area contributed by atoms with Crippen molar-refractivity contribution < 1.29 is 5.11 Å². The molecule has 0 radical (unpaired) electrons. The molecule has 0 aromatic carbocycles. The van der Waals surface area contributed by atoms with Gasteiger partial charge in [0.25, 0.3) is 0 Å². The van der Waals surface area contributed by atoms with E-state index >= 15 is 0 Å². The predicted molar refractivity (Wildman–Crippen MR) is 64.0 cm³/mol. The fourth-order valence-corrected chi connectivity index (χ4v) is 2.22. The van der Waals surface area contributed by atoms with Crippen LogP contribution in [0.4, 0.5) is 0 Å². The van der Waals surface area contributed by atoms with Crippen LogP contribution in [0.3, 0.4) is 0 Å². The molecule has 1 atom stereocenters. The Kier molecular flexibility index (Phi) is 6.22. The molecule has 1 fully saturated rings. The third-order valence-electron chi connectivity index (χ3n) is 3.28. The second kappa shape index (κ2) is 7.20.